The maximum atomic E-state index is 5.76. The molecule has 3 nitrogen and oxygen atoms in total. The third-order valence-electron chi connectivity index (χ3n) is 4.18. The zero-order chi connectivity index (χ0) is 14.2. The molecule has 0 heterocycles. The molecule has 0 atom stereocenters. The molecule has 0 amide bonds. The molecule has 0 aliphatic heterocycles. The van der Waals surface area contributed by atoms with Gasteiger partial charge in [0.25, 0.3) is 0 Å². The number of ether oxygens (including phenoxy) is 2. The van der Waals surface area contributed by atoms with Crippen LogP contribution in [0.4, 0.5) is 0 Å². The first-order valence-corrected chi connectivity index (χ1v) is 7.76. The average molecular weight is 277 g/mol. The van der Waals surface area contributed by atoms with E-state index in [0.717, 1.165) is 37.1 Å². The van der Waals surface area contributed by atoms with Crippen LogP contribution in [0.1, 0.15) is 38.5 Å². The van der Waals surface area contributed by atoms with Crippen molar-refractivity contribution < 1.29 is 9.47 Å². The van der Waals surface area contributed by atoms with E-state index in [-0.39, 0.29) is 0 Å². The lowest BCUT2D eigenvalue weighted by Crippen LogP contribution is -2.34. The summed E-state index contributed by atoms with van der Waals surface area (Å²) in [4.78, 5) is 2.51. The van der Waals surface area contributed by atoms with Crippen LogP contribution >= 0.6 is 0 Å². The number of hydrogen-bond donors (Lipinski definition) is 0. The van der Waals surface area contributed by atoms with Gasteiger partial charge in [-0.05, 0) is 50.6 Å². The minimum atomic E-state index is 0.781. The lowest BCUT2D eigenvalue weighted by Gasteiger charge is -2.31. The zero-order valence-electron chi connectivity index (χ0n) is 12.8. The predicted molar refractivity (Wildman–Crippen MR) is 82.6 cm³/mol. The van der Waals surface area contributed by atoms with E-state index in [1.807, 2.05) is 24.3 Å². The first kappa shape index (κ1) is 15.2. The predicted octanol–water partition coefficient (Wildman–Crippen LogP) is 3.73. The minimum Gasteiger partial charge on any atom is -0.497 e. The van der Waals surface area contributed by atoms with E-state index in [2.05, 4.69) is 11.9 Å². The van der Waals surface area contributed by atoms with Crippen molar-refractivity contribution in [3.63, 3.8) is 0 Å². The van der Waals surface area contributed by atoms with Crippen LogP contribution in [-0.2, 0) is 0 Å². The standard InChI is InChI=1S/C17H27NO2/c1-18(15-7-4-3-5-8-15)13-6-14-20-17-11-9-16(19-2)10-12-17/h9-12,15H,3-8,13-14H2,1-2H3. The molecule has 0 saturated heterocycles. The van der Waals surface area contributed by atoms with Gasteiger partial charge in [-0.2, -0.15) is 0 Å². The Balaban J connectivity index is 1.62. The van der Waals surface area contributed by atoms with Crippen LogP contribution in [-0.4, -0.2) is 38.3 Å². The summed E-state index contributed by atoms with van der Waals surface area (Å²) >= 11 is 0. The van der Waals surface area contributed by atoms with Crippen LogP contribution in [0, 0.1) is 0 Å². The topological polar surface area (TPSA) is 21.7 Å². The molecule has 3 heteroatoms. The van der Waals surface area contributed by atoms with Crippen molar-refractivity contribution in [3.05, 3.63) is 24.3 Å². The van der Waals surface area contributed by atoms with Gasteiger partial charge < -0.3 is 14.4 Å². The summed E-state index contributed by atoms with van der Waals surface area (Å²) in [6.45, 7) is 1.91. The van der Waals surface area contributed by atoms with E-state index >= 15 is 0 Å². The average Bonchev–Trinajstić information content (AvgIpc) is 2.53. The molecule has 0 radical (unpaired) electrons. The highest BCUT2D eigenvalue weighted by Gasteiger charge is 2.17. The van der Waals surface area contributed by atoms with Crippen molar-refractivity contribution in [1.29, 1.82) is 0 Å². The van der Waals surface area contributed by atoms with Crippen LogP contribution < -0.4 is 9.47 Å². The molecule has 1 fully saturated rings. The van der Waals surface area contributed by atoms with Gasteiger partial charge in [0.15, 0.2) is 0 Å². The van der Waals surface area contributed by atoms with Crippen LogP contribution in [0.2, 0.25) is 0 Å². The van der Waals surface area contributed by atoms with E-state index in [1.54, 1.807) is 7.11 Å². The van der Waals surface area contributed by atoms with Crippen molar-refractivity contribution in [3.8, 4) is 11.5 Å². The molecule has 1 aromatic rings. The van der Waals surface area contributed by atoms with Gasteiger partial charge in [-0.3, -0.25) is 0 Å². The zero-order valence-corrected chi connectivity index (χ0v) is 12.8. The Bertz CT molecular complexity index is 371. The molecule has 1 aliphatic rings. The third kappa shape index (κ3) is 4.71. The molecule has 0 N–H and O–H groups in total. The van der Waals surface area contributed by atoms with Crippen molar-refractivity contribution in [2.24, 2.45) is 0 Å². The normalized spacial score (nSPS) is 16.4. The van der Waals surface area contributed by atoms with Gasteiger partial charge in [-0.15, -0.1) is 0 Å². The van der Waals surface area contributed by atoms with Crippen LogP contribution in [0.3, 0.4) is 0 Å². The second kappa shape index (κ2) is 8.15. The molecule has 0 unspecified atom stereocenters. The largest absolute Gasteiger partial charge is 0.497 e. The summed E-state index contributed by atoms with van der Waals surface area (Å²) < 4.78 is 10.9. The maximum Gasteiger partial charge on any atom is 0.119 e. The maximum absolute atomic E-state index is 5.76. The van der Waals surface area contributed by atoms with Gasteiger partial charge in [0.05, 0.1) is 13.7 Å². The Morgan fingerprint density at radius 3 is 2.35 bits per heavy atom. The van der Waals surface area contributed by atoms with Crippen molar-refractivity contribution in [2.45, 2.75) is 44.6 Å². The van der Waals surface area contributed by atoms with Gasteiger partial charge in [-0.1, -0.05) is 19.3 Å². The summed E-state index contributed by atoms with van der Waals surface area (Å²) in [7, 11) is 3.93. The Morgan fingerprint density at radius 1 is 1.05 bits per heavy atom. The second-order valence-corrected chi connectivity index (χ2v) is 5.65. The summed E-state index contributed by atoms with van der Waals surface area (Å²) in [5.41, 5.74) is 0. The summed E-state index contributed by atoms with van der Waals surface area (Å²) in [6.07, 6.45) is 8.05. The fraction of sp³-hybridized carbons (Fsp3) is 0.647. The van der Waals surface area contributed by atoms with Crippen LogP contribution in [0.25, 0.3) is 0 Å². The number of hydrogen-bond acceptors (Lipinski definition) is 3. The Morgan fingerprint density at radius 2 is 1.70 bits per heavy atom. The van der Waals surface area contributed by atoms with Gasteiger partial charge in [0.1, 0.15) is 11.5 Å². The first-order valence-electron chi connectivity index (χ1n) is 7.76. The third-order valence-corrected chi connectivity index (χ3v) is 4.18. The molecule has 0 bridgehead atoms. The minimum absolute atomic E-state index is 0.781. The SMILES string of the molecule is COc1ccc(OCCCN(C)C2CCCCC2)cc1. The molecular weight excluding hydrogens is 250 g/mol. The van der Waals surface area contributed by atoms with Crippen molar-refractivity contribution in [1.82, 2.24) is 4.90 Å². The van der Waals surface area contributed by atoms with Gasteiger partial charge >= 0.3 is 0 Å². The highest BCUT2D eigenvalue weighted by molar-refractivity contribution is 5.31. The van der Waals surface area contributed by atoms with Gasteiger partial charge in [0, 0.05) is 12.6 Å². The smallest absolute Gasteiger partial charge is 0.119 e. The Hall–Kier alpha value is -1.22. The van der Waals surface area contributed by atoms with E-state index < -0.39 is 0 Å². The molecule has 1 aromatic carbocycles. The van der Waals surface area contributed by atoms with Crippen molar-refractivity contribution in [2.75, 3.05) is 27.3 Å². The van der Waals surface area contributed by atoms with Crippen molar-refractivity contribution >= 4 is 0 Å². The summed E-state index contributed by atoms with van der Waals surface area (Å²) in [5.74, 6) is 1.79. The molecule has 2 rings (SSSR count). The first-order chi connectivity index (χ1) is 9.79. The fourth-order valence-electron chi connectivity index (χ4n) is 2.88. The van der Waals surface area contributed by atoms with E-state index in [4.69, 9.17) is 9.47 Å². The summed E-state index contributed by atoms with van der Waals surface area (Å²) in [5, 5.41) is 0. The lowest BCUT2D eigenvalue weighted by molar-refractivity contribution is 0.177. The van der Waals surface area contributed by atoms with E-state index in [0.29, 0.717) is 0 Å². The van der Waals surface area contributed by atoms with E-state index in [1.165, 1.54) is 32.1 Å². The molecule has 0 spiro atoms. The molecular formula is C17H27NO2. The molecule has 1 saturated carbocycles. The Kier molecular flexibility index (Phi) is 6.19. The van der Waals surface area contributed by atoms with Gasteiger partial charge in [0.2, 0.25) is 0 Å². The highest BCUT2D eigenvalue weighted by atomic mass is 16.5. The van der Waals surface area contributed by atoms with Gasteiger partial charge in [-0.25, -0.2) is 0 Å². The molecule has 20 heavy (non-hydrogen) atoms. The number of benzene rings is 1. The number of rotatable bonds is 7. The number of nitrogens with zero attached hydrogens (tertiary/aromatic N) is 1. The second-order valence-electron chi connectivity index (χ2n) is 5.65. The lowest BCUT2D eigenvalue weighted by atomic mass is 9.94. The number of methoxy groups -OCH3 is 1. The Labute approximate surface area is 122 Å². The van der Waals surface area contributed by atoms with Crippen LogP contribution in [0.5, 0.6) is 11.5 Å². The molecule has 112 valence electrons. The fourth-order valence-corrected chi connectivity index (χ4v) is 2.88. The molecule has 1 aliphatic carbocycles. The summed E-state index contributed by atoms with van der Waals surface area (Å²) in [6, 6.07) is 8.59. The quantitative estimate of drug-likeness (QED) is 0.709. The highest BCUT2D eigenvalue weighted by Crippen LogP contribution is 2.21. The monoisotopic (exact) mass is 277 g/mol. The van der Waals surface area contributed by atoms with E-state index in [9.17, 15) is 0 Å². The molecule has 0 aromatic heterocycles. The van der Waals surface area contributed by atoms with Crippen LogP contribution in [0.15, 0.2) is 24.3 Å².